The summed E-state index contributed by atoms with van der Waals surface area (Å²) in [6.45, 7) is 4.96. The molecular weight excluding hydrogens is 206 g/mol. The zero-order chi connectivity index (χ0) is 12.2. The Morgan fingerprint density at radius 1 is 1.38 bits per heavy atom. The topological polar surface area (TPSA) is 57.6 Å². The van der Waals surface area contributed by atoms with Crippen molar-refractivity contribution in [2.45, 2.75) is 51.5 Å². The van der Waals surface area contributed by atoms with Crippen LogP contribution in [-0.2, 0) is 9.59 Å². The Bertz CT molecular complexity index is 261. The molecule has 1 heterocycles. The number of Topliss-reactive ketones (excluding diaryl/α,β-unsaturated/α-hetero) is 1. The van der Waals surface area contributed by atoms with Crippen molar-refractivity contribution in [3.05, 3.63) is 0 Å². The van der Waals surface area contributed by atoms with Crippen LogP contribution in [0.3, 0.4) is 0 Å². The number of aliphatic carboxylic acids is 1. The van der Waals surface area contributed by atoms with Gasteiger partial charge < -0.3 is 5.11 Å². The molecule has 4 nitrogen and oxygen atoms in total. The Balaban J connectivity index is 2.74. The molecule has 0 aromatic carbocycles. The minimum Gasteiger partial charge on any atom is -0.480 e. The van der Waals surface area contributed by atoms with E-state index in [0.717, 1.165) is 38.8 Å². The summed E-state index contributed by atoms with van der Waals surface area (Å²) >= 11 is 0. The van der Waals surface area contributed by atoms with Crippen molar-refractivity contribution in [2.24, 2.45) is 0 Å². The number of carbonyl (C=O) groups excluding carboxylic acids is 1. The van der Waals surface area contributed by atoms with Crippen molar-refractivity contribution in [1.29, 1.82) is 0 Å². The normalized spacial score (nSPS) is 25.9. The van der Waals surface area contributed by atoms with Gasteiger partial charge in [0.15, 0.2) is 11.3 Å². The number of unbranched alkanes of at least 4 members (excludes halogenated alkanes) is 2. The van der Waals surface area contributed by atoms with E-state index < -0.39 is 11.5 Å². The standard InChI is InChI=1S/C12H21NO3/c1-3-4-5-8-13-9-6-7-12(13,10(2)14)11(15)16/h3-9H2,1-2H3,(H,15,16)/t12-/m1/s1. The first-order valence-corrected chi connectivity index (χ1v) is 6.05. The highest BCUT2D eigenvalue weighted by atomic mass is 16.4. The number of carboxylic acids is 1. The lowest BCUT2D eigenvalue weighted by Crippen LogP contribution is -2.55. The first kappa shape index (κ1) is 13.2. The highest BCUT2D eigenvalue weighted by molar-refractivity contribution is 6.07. The van der Waals surface area contributed by atoms with Crippen molar-refractivity contribution in [3.8, 4) is 0 Å². The monoisotopic (exact) mass is 227 g/mol. The molecule has 0 aliphatic carbocycles. The predicted molar refractivity (Wildman–Crippen MR) is 61.4 cm³/mol. The van der Waals surface area contributed by atoms with Gasteiger partial charge in [-0.3, -0.25) is 9.69 Å². The highest BCUT2D eigenvalue weighted by Gasteiger charge is 2.51. The van der Waals surface area contributed by atoms with E-state index in [1.807, 2.05) is 4.90 Å². The second-order valence-electron chi connectivity index (χ2n) is 4.52. The van der Waals surface area contributed by atoms with Crippen molar-refractivity contribution in [1.82, 2.24) is 4.90 Å². The average molecular weight is 227 g/mol. The zero-order valence-electron chi connectivity index (χ0n) is 10.2. The van der Waals surface area contributed by atoms with E-state index in [-0.39, 0.29) is 5.78 Å². The summed E-state index contributed by atoms with van der Waals surface area (Å²) in [4.78, 5) is 24.8. The Kier molecular flexibility index (Phi) is 4.47. The van der Waals surface area contributed by atoms with E-state index >= 15 is 0 Å². The van der Waals surface area contributed by atoms with Gasteiger partial charge in [0, 0.05) is 0 Å². The van der Waals surface area contributed by atoms with Crippen LogP contribution < -0.4 is 0 Å². The molecule has 1 aliphatic heterocycles. The molecule has 1 N–H and O–H groups in total. The summed E-state index contributed by atoms with van der Waals surface area (Å²) < 4.78 is 0. The fourth-order valence-electron chi connectivity index (χ4n) is 2.52. The largest absolute Gasteiger partial charge is 0.480 e. The van der Waals surface area contributed by atoms with Crippen LogP contribution in [0.2, 0.25) is 0 Å². The number of nitrogens with zero attached hydrogens (tertiary/aromatic N) is 1. The maximum absolute atomic E-state index is 11.6. The van der Waals surface area contributed by atoms with E-state index in [4.69, 9.17) is 0 Å². The van der Waals surface area contributed by atoms with Crippen molar-refractivity contribution in [3.63, 3.8) is 0 Å². The number of likely N-dealkylation sites (tertiary alicyclic amines) is 1. The molecule has 0 radical (unpaired) electrons. The van der Waals surface area contributed by atoms with Crippen LogP contribution in [0, 0.1) is 0 Å². The summed E-state index contributed by atoms with van der Waals surface area (Å²) in [5.74, 6) is -1.21. The minimum atomic E-state index is -1.23. The fraction of sp³-hybridized carbons (Fsp3) is 0.833. The Morgan fingerprint density at radius 2 is 2.06 bits per heavy atom. The van der Waals surface area contributed by atoms with Gasteiger partial charge >= 0.3 is 5.97 Å². The molecule has 1 aliphatic rings. The van der Waals surface area contributed by atoms with Gasteiger partial charge in [0.05, 0.1) is 0 Å². The van der Waals surface area contributed by atoms with E-state index in [1.165, 1.54) is 6.92 Å². The molecule has 1 fully saturated rings. The van der Waals surface area contributed by atoms with Crippen molar-refractivity contribution in [2.75, 3.05) is 13.1 Å². The molecule has 0 spiro atoms. The molecule has 92 valence electrons. The third-order valence-electron chi connectivity index (χ3n) is 3.47. The van der Waals surface area contributed by atoms with E-state index in [2.05, 4.69) is 6.92 Å². The minimum absolute atomic E-state index is 0.228. The van der Waals surface area contributed by atoms with Gasteiger partial charge in [-0.25, -0.2) is 4.79 Å². The van der Waals surface area contributed by atoms with Crippen molar-refractivity contribution >= 4 is 11.8 Å². The van der Waals surface area contributed by atoms with Crippen LogP contribution in [-0.4, -0.2) is 40.4 Å². The number of carbonyl (C=O) groups is 2. The summed E-state index contributed by atoms with van der Waals surface area (Å²) in [5.41, 5.74) is -1.23. The molecule has 0 bridgehead atoms. The summed E-state index contributed by atoms with van der Waals surface area (Å²) in [6, 6.07) is 0. The quantitative estimate of drug-likeness (QED) is 0.554. The number of carboxylic acid groups (broad SMARTS) is 1. The molecule has 4 heteroatoms. The maximum Gasteiger partial charge on any atom is 0.331 e. The van der Waals surface area contributed by atoms with Gasteiger partial charge in [-0.05, 0) is 39.3 Å². The Hall–Kier alpha value is -0.900. The van der Waals surface area contributed by atoms with E-state index in [0.29, 0.717) is 6.42 Å². The van der Waals surface area contributed by atoms with Gasteiger partial charge in [-0.1, -0.05) is 19.8 Å². The van der Waals surface area contributed by atoms with E-state index in [1.54, 1.807) is 0 Å². The van der Waals surface area contributed by atoms with Gasteiger partial charge in [0.2, 0.25) is 0 Å². The van der Waals surface area contributed by atoms with Gasteiger partial charge in [0.1, 0.15) is 0 Å². The molecule has 1 rings (SSSR count). The SMILES string of the molecule is CCCCCN1CCC[C@@]1(C(C)=O)C(=O)O. The fourth-order valence-corrected chi connectivity index (χ4v) is 2.52. The number of hydrogen-bond donors (Lipinski definition) is 1. The third kappa shape index (κ3) is 2.26. The molecule has 0 aromatic rings. The second kappa shape index (κ2) is 5.43. The summed E-state index contributed by atoms with van der Waals surface area (Å²) in [5, 5.41) is 9.30. The molecule has 1 atom stereocenters. The molecule has 1 saturated heterocycles. The first-order chi connectivity index (χ1) is 7.55. The van der Waals surface area contributed by atoms with Crippen molar-refractivity contribution < 1.29 is 14.7 Å². The van der Waals surface area contributed by atoms with Gasteiger partial charge in [-0.2, -0.15) is 0 Å². The molecule has 0 saturated carbocycles. The average Bonchev–Trinajstić information content (AvgIpc) is 2.63. The van der Waals surface area contributed by atoms with Gasteiger partial charge in [-0.15, -0.1) is 0 Å². The molecule has 0 amide bonds. The molecular formula is C12H21NO3. The number of ketones is 1. The lowest BCUT2D eigenvalue weighted by molar-refractivity contribution is -0.155. The summed E-state index contributed by atoms with van der Waals surface area (Å²) in [7, 11) is 0. The third-order valence-corrected chi connectivity index (χ3v) is 3.47. The lowest BCUT2D eigenvalue weighted by atomic mass is 9.91. The van der Waals surface area contributed by atoms with Gasteiger partial charge in [0.25, 0.3) is 0 Å². The molecule has 16 heavy (non-hydrogen) atoms. The zero-order valence-corrected chi connectivity index (χ0v) is 10.2. The summed E-state index contributed by atoms with van der Waals surface area (Å²) in [6.07, 6.45) is 4.43. The molecule has 0 aromatic heterocycles. The second-order valence-corrected chi connectivity index (χ2v) is 4.52. The maximum atomic E-state index is 11.6. The molecule has 0 unspecified atom stereocenters. The van der Waals surface area contributed by atoms with Crippen LogP contribution in [0.4, 0.5) is 0 Å². The Morgan fingerprint density at radius 3 is 2.56 bits per heavy atom. The van der Waals surface area contributed by atoms with Crippen LogP contribution in [0.1, 0.15) is 46.0 Å². The first-order valence-electron chi connectivity index (χ1n) is 6.05. The van der Waals surface area contributed by atoms with Crippen LogP contribution >= 0.6 is 0 Å². The lowest BCUT2D eigenvalue weighted by Gasteiger charge is -2.32. The smallest absolute Gasteiger partial charge is 0.331 e. The number of hydrogen-bond acceptors (Lipinski definition) is 3. The Labute approximate surface area is 96.6 Å². The highest BCUT2D eigenvalue weighted by Crippen LogP contribution is 2.31. The number of rotatable bonds is 6. The van der Waals surface area contributed by atoms with Crippen LogP contribution in [0.5, 0.6) is 0 Å². The van der Waals surface area contributed by atoms with E-state index in [9.17, 15) is 14.7 Å². The van der Waals surface area contributed by atoms with Crippen LogP contribution in [0.25, 0.3) is 0 Å². The van der Waals surface area contributed by atoms with Crippen LogP contribution in [0.15, 0.2) is 0 Å². The predicted octanol–water partition coefficient (Wildman–Crippen LogP) is 1.68.